The lowest BCUT2D eigenvalue weighted by molar-refractivity contribution is -0.129. The van der Waals surface area contributed by atoms with Gasteiger partial charge in [-0.2, -0.15) is 0 Å². The van der Waals surface area contributed by atoms with Gasteiger partial charge in [-0.05, 0) is 18.9 Å². The van der Waals surface area contributed by atoms with Crippen molar-refractivity contribution >= 4 is 11.9 Å². The molecule has 1 aromatic carbocycles. The summed E-state index contributed by atoms with van der Waals surface area (Å²) in [5, 5.41) is 3.16. The van der Waals surface area contributed by atoms with Crippen LogP contribution in [0.5, 0.6) is 0 Å². The summed E-state index contributed by atoms with van der Waals surface area (Å²) in [5.74, 6) is -0.100. The molecule has 0 spiro atoms. The van der Waals surface area contributed by atoms with Crippen LogP contribution >= 0.6 is 0 Å². The highest BCUT2D eigenvalue weighted by atomic mass is 16.2. The molecule has 21 heavy (non-hydrogen) atoms. The zero-order chi connectivity index (χ0) is 15.1. The molecule has 4 atom stereocenters. The third kappa shape index (κ3) is 2.21. The second kappa shape index (κ2) is 5.15. The van der Waals surface area contributed by atoms with Gasteiger partial charge in [0.05, 0.1) is 12.1 Å². The number of nitrogens with zero attached hydrogens (tertiary/aromatic N) is 2. The summed E-state index contributed by atoms with van der Waals surface area (Å²) < 4.78 is 0. The molecule has 2 aliphatic rings. The van der Waals surface area contributed by atoms with Crippen LogP contribution in [0.25, 0.3) is 0 Å². The highest BCUT2D eigenvalue weighted by Gasteiger charge is 2.52. The molecule has 5 nitrogen and oxygen atoms in total. The van der Waals surface area contributed by atoms with Gasteiger partial charge >= 0.3 is 6.03 Å². The molecule has 0 saturated carbocycles. The van der Waals surface area contributed by atoms with Gasteiger partial charge in [-0.1, -0.05) is 37.3 Å². The molecule has 3 amide bonds. The van der Waals surface area contributed by atoms with Crippen LogP contribution in [-0.4, -0.2) is 46.9 Å². The van der Waals surface area contributed by atoms with Crippen LogP contribution in [0.1, 0.15) is 31.9 Å². The molecule has 0 unspecified atom stereocenters. The van der Waals surface area contributed by atoms with Crippen molar-refractivity contribution in [1.29, 1.82) is 0 Å². The van der Waals surface area contributed by atoms with E-state index in [1.807, 2.05) is 44.2 Å². The van der Waals surface area contributed by atoms with Crippen LogP contribution in [0.2, 0.25) is 0 Å². The van der Waals surface area contributed by atoms with E-state index >= 15 is 0 Å². The average molecular weight is 287 g/mol. The minimum Gasteiger partial charge on any atom is -0.322 e. The number of carbonyl (C=O) groups excluding carboxylic acids is 2. The lowest BCUT2D eigenvalue weighted by atomic mass is 10.00. The van der Waals surface area contributed by atoms with Crippen LogP contribution in [-0.2, 0) is 4.79 Å². The Morgan fingerprint density at radius 2 is 1.95 bits per heavy atom. The average Bonchev–Trinajstić information content (AvgIpc) is 3.26. The maximum Gasteiger partial charge on any atom is 0.327 e. The Morgan fingerprint density at radius 1 is 1.29 bits per heavy atom. The van der Waals surface area contributed by atoms with E-state index in [1.165, 1.54) is 4.90 Å². The first-order chi connectivity index (χ1) is 10.1. The molecule has 0 radical (unpaired) electrons. The largest absolute Gasteiger partial charge is 0.327 e. The first kappa shape index (κ1) is 14.1. The standard InChI is InChI=1S/C16H21N3O2/c1-4-12-13(17-12)15(20)19-14(10(2)18(3)16(19)21)11-8-6-5-7-9-11/h5-10,12-14,17H,4H2,1-3H3/t10-,12-,13+,14-/m0/s1. The number of nitrogens with one attached hydrogen (secondary N) is 1. The Bertz CT molecular complexity index is 560. The van der Waals surface area contributed by atoms with Crippen LogP contribution in [0.15, 0.2) is 30.3 Å². The van der Waals surface area contributed by atoms with Gasteiger partial charge in [-0.15, -0.1) is 0 Å². The minimum absolute atomic E-state index is 0.0253. The summed E-state index contributed by atoms with van der Waals surface area (Å²) in [6, 6.07) is 9.35. The summed E-state index contributed by atoms with van der Waals surface area (Å²) in [4.78, 5) is 28.2. The number of amides is 3. The third-order valence-corrected chi connectivity index (χ3v) is 4.63. The summed E-state index contributed by atoms with van der Waals surface area (Å²) in [7, 11) is 1.76. The maximum atomic E-state index is 12.7. The third-order valence-electron chi connectivity index (χ3n) is 4.63. The van der Waals surface area contributed by atoms with Crippen molar-refractivity contribution in [3.05, 3.63) is 35.9 Å². The zero-order valence-corrected chi connectivity index (χ0v) is 12.6. The van der Waals surface area contributed by atoms with Gasteiger partial charge in [-0.25, -0.2) is 4.79 Å². The number of rotatable bonds is 3. The molecular formula is C16H21N3O2. The Balaban J connectivity index is 1.92. The fraction of sp³-hybridized carbons (Fsp3) is 0.500. The van der Waals surface area contributed by atoms with Crippen molar-refractivity contribution in [1.82, 2.24) is 15.1 Å². The maximum absolute atomic E-state index is 12.7. The summed E-state index contributed by atoms with van der Waals surface area (Å²) in [5.41, 5.74) is 1.00. The SMILES string of the molecule is CC[C@@H]1N[C@H]1C(=O)N1C(=O)N(C)[C@@H](C)[C@H]1c1ccccc1. The van der Waals surface area contributed by atoms with E-state index in [-0.39, 0.29) is 36.1 Å². The predicted molar refractivity (Wildman–Crippen MR) is 79.7 cm³/mol. The van der Waals surface area contributed by atoms with E-state index in [2.05, 4.69) is 5.32 Å². The number of imide groups is 1. The second-order valence-electron chi connectivity index (χ2n) is 5.86. The van der Waals surface area contributed by atoms with Crippen molar-refractivity contribution in [2.75, 3.05) is 7.05 Å². The normalized spacial score (nSPS) is 31.7. The number of carbonyl (C=O) groups is 2. The quantitative estimate of drug-likeness (QED) is 0.862. The zero-order valence-electron chi connectivity index (χ0n) is 12.6. The molecule has 2 aliphatic heterocycles. The number of hydrogen-bond acceptors (Lipinski definition) is 3. The van der Waals surface area contributed by atoms with Gasteiger partial charge < -0.3 is 4.90 Å². The predicted octanol–water partition coefficient (Wildman–Crippen LogP) is 1.76. The highest BCUT2D eigenvalue weighted by Crippen LogP contribution is 2.36. The second-order valence-corrected chi connectivity index (χ2v) is 5.86. The molecule has 1 N–H and O–H groups in total. The Labute approximate surface area is 124 Å². The number of benzene rings is 1. The van der Waals surface area contributed by atoms with Gasteiger partial charge in [0.15, 0.2) is 0 Å². The molecule has 112 valence electrons. The summed E-state index contributed by atoms with van der Waals surface area (Å²) >= 11 is 0. The lowest BCUT2D eigenvalue weighted by Crippen LogP contribution is -2.40. The summed E-state index contributed by atoms with van der Waals surface area (Å²) in [6.07, 6.45) is 0.903. The van der Waals surface area contributed by atoms with Gasteiger partial charge in [0.2, 0.25) is 5.91 Å². The van der Waals surface area contributed by atoms with E-state index in [0.29, 0.717) is 0 Å². The van der Waals surface area contributed by atoms with E-state index in [9.17, 15) is 9.59 Å². The van der Waals surface area contributed by atoms with E-state index in [0.717, 1.165) is 12.0 Å². The van der Waals surface area contributed by atoms with Crippen LogP contribution in [0.4, 0.5) is 4.79 Å². The number of likely N-dealkylation sites (N-methyl/N-ethyl adjacent to an activating group) is 1. The monoisotopic (exact) mass is 287 g/mol. The van der Waals surface area contributed by atoms with Crippen molar-refractivity contribution in [3.63, 3.8) is 0 Å². The topological polar surface area (TPSA) is 62.6 Å². The molecule has 0 aromatic heterocycles. The first-order valence-corrected chi connectivity index (χ1v) is 7.47. The van der Waals surface area contributed by atoms with Crippen molar-refractivity contribution in [2.45, 2.75) is 44.4 Å². The summed E-state index contributed by atoms with van der Waals surface area (Å²) in [6.45, 7) is 4.03. The molecule has 1 aromatic rings. The molecule has 2 fully saturated rings. The molecule has 0 aliphatic carbocycles. The highest BCUT2D eigenvalue weighted by molar-refractivity contribution is 6.01. The Morgan fingerprint density at radius 3 is 2.52 bits per heavy atom. The molecular weight excluding hydrogens is 266 g/mol. The van der Waals surface area contributed by atoms with Crippen LogP contribution < -0.4 is 5.32 Å². The van der Waals surface area contributed by atoms with Crippen LogP contribution in [0.3, 0.4) is 0 Å². The number of urea groups is 1. The van der Waals surface area contributed by atoms with Crippen LogP contribution in [0, 0.1) is 0 Å². The van der Waals surface area contributed by atoms with Gasteiger partial charge in [0, 0.05) is 13.1 Å². The molecule has 5 heteroatoms. The van der Waals surface area contributed by atoms with Gasteiger partial charge in [0.1, 0.15) is 6.04 Å². The molecule has 2 saturated heterocycles. The number of hydrogen-bond donors (Lipinski definition) is 1. The Kier molecular flexibility index (Phi) is 3.45. The van der Waals surface area contributed by atoms with E-state index in [1.54, 1.807) is 11.9 Å². The first-order valence-electron chi connectivity index (χ1n) is 7.47. The van der Waals surface area contributed by atoms with Crippen molar-refractivity contribution in [2.24, 2.45) is 0 Å². The molecule has 3 rings (SSSR count). The van der Waals surface area contributed by atoms with E-state index < -0.39 is 0 Å². The fourth-order valence-corrected chi connectivity index (χ4v) is 3.12. The van der Waals surface area contributed by atoms with Gasteiger partial charge in [-0.3, -0.25) is 15.0 Å². The molecule has 2 heterocycles. The smallest absolute Gasteiger partial charge is 0.322 e. The van der Waals surface area contributed by atoms with Gasteiger partial charge in [0.25, 0.3) is 0 Å². The lowest BCUT2D eigenvalue weighted by Gasteiger charge is -2.24. The van der Waals surface area contributed by atoms with Crippen molar-refractivity contribution in [3.8, 4) is 0 Å². The minimum atomic E-state index is -0.212. The fourth-order valence-electron chi connectivity index (χ4n) is 3.12. The molecule has 0 bridgehead atoms. The van der Waals surface area contributed by atoms with Crippen molar-refractivity contribution < 1.29 is 9.59 Å². The van der Waals surface area contributed by atoms with E-state index in [4.69, 9.17) is 0 Å². The Hall–Kier alpha value is -1.88.